The van der Waals surface area contributed by atoms with Crippen molar-refractivity contribution in [2.75, 3.05) is 4.90 Å². The van der Waals surface area contributed by atoms with Gasteiger partial charge in [-0.05, 0) is 38.0 Å². The summed E-state index contributed by atoms with van der Waals surface area (Å²) in [7, 11) is 0. The van der Waals surface area contributed by atoms with E-state index in [1.54, 1.807) is 6.07 Å². The summed E-state index contributed by atoms with van der Waals surface area (Å²) < 4.78 is 18.4. The molecule has 0 aliphatic heterocycles. The van der Waals surface area contributed by atoms with Crippen molar-refractivity contribution in [2.24, 2.45) is 0 Å². The third-order valence-electron chi connectivity index (χ3n) is 2.86. The highest BCUT2D eigenvalue weighted by atomic mass is 19.1. The van der Waals surface area contributed by atoms with Crippen LogP contribution in [0, 0.1) is 12.7 Å². The van der Waals surface area contributed by atoms with Gasteiger partial charge in [-0.2, -0.15) is 0 Å². The lowest BCUT2D eigenvalue weighted by Crippen LogP contribution is -2.19. The van der Waals surface area contributed by atoms with Gasteiger partial charge in [-0.1, -0.05) is 11.2 Å². The van der Waals surface area contributed by atoms with E-state index >= 15 is 0 Å². The van der Waals surface area contributed by atoms with Crippen LogP contribution in [0.2, 0.25) is 0 Å². The zero-order chi connectivity index (χ0) is 11.8. The molecule has 1 aliphatic rings. The summed E-state index contributed by atoms with van der Waals surface area (Å²) >= 11 is 0. The first-order valence-corrected chi connectivity index (χ1v) is 5.72. The fourth-order valence-corrected chi connectivity index (χ4v) is 1.96. The highest BCUT2D eigenvalue weighted by Gasteiger charge is 2.32. The van der Waals surface area contributed by atoms with E-state index in [1.165, 1.54) is 12.1 Å². The lowest BCUT2D eigenvalue weighted by molar-refractivity contribution is 0.398. The molecule has 1 saturated carbocycles. The summed E-state index contributed by atoms with van der Waals surface area (Å²) in [4.78, 5) is 2.04. The Labute approximate surface area is 98.8 Å². The molecular formula is C13H13FN2O. The van der Waals surface area contributed by atoms with Gasteiger partial charge in [0.15, 0.2) is 5.82 Å². The molecule has 3 rings (SSSR count). The van der Waals surface area contributed by atoms with Gasteiger partial charge in [-0.3, -0.25) is 0 Å². The molecule has 0 radical (unpaired) electrons. The molecule has 0 bridgehead atoms. The van der Waals surface area contributed by atoms with E-state index in [4.69, 9.17) is 4.52 Å². The third-order valence-corrected chi connectivity index (χ3v) is 2.86. The van der Waals surface area contributed by atoms with Crippen LogP contribution in [0.1, 0.15) is 18.6 Å². The van der Waals surface area contributed by atoms with Crippen LogP contribution in [0.15, 0.2) is 34.9 Å². The van der Waals surface area contributed by atoms with Gasteiger partial charge < -0.3 is 9.42 Å². The summed E-state index contributed by atoms with van der Waals surface area (Å²) in [5.74, 6) is 1.30. The molecule has 0 amide bonds. The molecule has 0 N–H and O–H groups in total. The summed E-state index contributed by atoms with van der Waals surface area (Å²) in [5.41, 5.74) is 0.834. The highest BCUT2D eigenvalue weighted by Crippen LogP contribution is 2.37. The van der Waals surface area contributed by atoms with Crippen molar-refractivity contribution in [3.05, 3.63) is 41.9 Å². The van der Waals surface area contributed by atoms with Crippen LogP contribution >= 0.6 is 0 Å². The Morgan fingerprint density at radius 2 is 2.18 bits per heavy atom. The average Bonchev–Trinajstić information content (AvgIpc) is 3.03. The van der Waals surface area contributed by atoms with Gasteiger partial charge in [-0.15, -0.1) is 0 Å². The fraction of sp³-hybridized carbons (Fsp3) is 0.308. The Morgan fingerprint density at radius 1 is 1.35 bits per heavy atom. The van der Waals surface area contributed by atoms with Crippen LogP contribution in [0.25, 0.3) is 0 Å². The highest BCUT2D eigenvalue weighted by molar-refractivity contribution is 5.61. The minimum absolute atomic E-state index is 0.228. The maximum Gasteiger partial charge on any atom is 0.176 e. The smallest absolute Gasteiger partial charge is 0.176 e. The van der Waals surface area contributed by atoms with Crippen LogP contribution in [0.4, 0.5) is 15.9 Å². The maximum atomic E-state index is 13.3. The predicted octanol–water partition coefficient (Wildman–Crippen LogP) is 3.42. The van der Waals surface area contributed by atoms with Crippen LogP contribution in [-0.2, 0) is 0 Å². The van der Waals surface area contributed by atoms with Crippen molar-refractivity contribution < 1.29 is 8.91 Å². The van der Waals surface area contributed by atoms with Crippen LogP contribution in [0.5, 0.6) is 0 Å². The van der Waals surface area contributed by atoms with Gasteiger partial charge in [0, 0.05) is 17.8 Å². The molecule has 3 nitrogen and oxygen atoms in total. The number of nitrogens with zero attached hydrogens (tertiary/aromatic N) is 2. The van der Waals surface area contributed by atoms with Crippen molar-refractivity contribution in [1.29, 1.82) is 0 Å². The van der Waals surface area contributed by atoms with Crippen molar-refractivity contribution in [3.8, 4) is 0 Å². The molecule has 0 unspecified atom stereocenters. The molecule has 4 heteroatoms. The molecule has 1 aromatic heterocycles. The minimum atomic E-state index is -0.228. The number of anilines is 2. The minimum Gasteiger partial charge on any atom is -0.360 e. The number of aryl methyl sites for hydroxylation is 1. The standard InChI is InChI=1S/C13H13FN2O/c1-9-7-13(15-17-9)16(11-5-6-11)12-4-2-3-10(14)8-12/h2-4,7-8,11H,5-6H2,1H3. The van der Waals surface area contributed by atoms with E-state index in [2.05, 4.69) is 5.16 Å². The van der Waals surface area contributed by atoms with E-state index in [1.807, 2.05) is 24.0 Å². The molecule has 1 fully saturated rings. The van der Waals surface area contributed by atoms with Crippen LogP contribution < -0.4 is 4.90 Å². The van der Waals surface area contributed by atoms with Crippen LogP contribution in [0.3, 0.4) is 0 Å². The topological polar surface area (TPSA) is 29.3 Å². The van der Waals surface area contributed by atoms with E-state index in [-0.39, 0.29) is 5.82 Å². The van der Waals surface area contributed by atoms with E-state index in [0.717, 1.165) is 30.1 Å². The Morgan fingerprint density at radius 3 is 2.76 bits per heavy atom. The van der Waals surface area contributed by atoms with Crippen molar-refractivity contribution >= 4 is 11.5 Å². The Kier molecular flexibility index (Phi) is 2.35. The third kappa shape index (κ3) is 2.02. The lowest BCUT2D eigenvalue weighted by Gasteiger charge is -2.21. The molecule has 1 aliphatic carbocycles. The Balaban J connectivity index is 2.00. The first kappa shape index (κ1) is 10.3. The fourth-order valence-electron chi connectivity index (χ4n) is 1.96. The van der Waals surface area contributed by atoms with Crippen molar-refractivity contribution in [3.63, 3.8) is 0 Å². The summed E-state index contributed by atoms with van der Waals surface area (Å²) in [6.07, 6.45) is 2.23. The number of halogens is 1. The second kappa shape index (κ2) is 3.87. The molecule has 0 spiro atoms. The van der Waals surface area contributed by atoms with E-state index in [9.17, 15) is 4.39 Å². The quantitative estimate of drug-likeness (QED) is 0.812. The van der Waals surface area contributed by atoms with Gasteiger partial charge in [0.1, 0.15) is 11.6 Å². The molecular weight excluding hydrogens is 219 g/mol. The van der Waals surface area contributed by atoms with Crippen LogP contribution in [-0.4, -0.2) is 11.2 Å². The first-order chi connectivity index (χ1) is 8.24. The Hall–Kier alpha value is -1.84. The van der Waals surface area contributed by atoms with Crippen molar-refractivity contribution in [1.82, 2.24) is 5.16 Å². The number of benzene rings is 1. The molecule has 0 saturated heterocycles. The van der Waals surface area contributed by atoms with Gasteiger partial charge in [0.05, 0.1) is 0 Å². The molecule has 0 atom stereocenters. The van der Waals surface area contributed by atoms with Gasteiger partial charge >= 0.3 is 0 Å². The van der Waals surface area contributed by atoms with Gasteiger partial charge in [-0.25, -0.2) is 4.39 Å². The normalized spacial score (nSPS) is 14.9. The number of aromatic nitrogens is 1. The second-order valence-electron chi connectivity index (χ2n) is 4.38. The Bertz CT molecular complexity index is 534. The van der Waals surface area contributed by atoms with Gasteiger partial charge in [0.25, 0.3) is 0 Å². The molecule has 2 aromatic rings. The summed E-state index contributed by atoms with van der Waals surface area (Å²) in [6, 6.07) is 8.88. The number of hydrogen-bond acceptors (Lipinski definition) is 3. The van der Waals surface area contributed by atoms with Gasteiger partial charge in [0.2, 0.25) is 0 Å². The largest absolute Gasteiger partial charge is 0.360 e. The van der Waals surface area contributed by atoms with E-state index < -0.39 is 0 Å². The number of rotatable bonds is 3. The molecule has 1 aromatic carbocycles. The summed E-state index contributed by atoms with van der Waals surface area (Å²) in [5, 5.41) is 4.01. The molecule has 1 heterocycles. The SMILES string of the molecule is Cc1cc(N(c2cccc(F)c2)C2CC2)no1. The monoisotopic (exact) mass is 232 g/mol. The number of hydrogen-bond donors (Lipinski definition) is 0. The maximum absolute atomic E-state index is 13.3. The second-order valence-corrected chi connectivity index (χ2v) is 4.38. The molecule has 88 valence electrons. The predicted molar refractivity (Wildman–Crippen MR) is 62.8 cm³/mol. The molecule has 17 heavy (non-hydrogen) atoms. The summed E-state index contributed by atoms with van der Waals surface area (Å²) in [6.45, 7) is 1.85. The zero-order valence-electron chi connectivity index (χ0n) is 9.56. The zero-order valence-corrected chi connectivity index (χ0v) is 9.56. The lowest BCUT2D eigenvalue weighted by atomic mass is 10.2. The first-order valence-electron chi connectivity index (χ1n) is 5.72. The van der Waals surface area contributed by atoms with Crippen molar-refractivity contribution in [2.45, 2.75) is 25.8 Å². The average molecular weight is 232 g/mol. The van der Waals surface area contributed by atoms with E-state index in [0.29, 0.717) is 6.04 Å².